The lowest BCUT2D eigenvalue weighted by Crippen LogP contribution is -2.43. The first-order valence-electron chi connectivity index (χ1n) is 5.42. The molecule has 0 aromatic carbocycles. The Morgan fingerprint density at radius 3 is 2.46 bits per heavy atom. The van der Waals surface area contributed by atoms with E-state index in [1.165, 1.54) is 6.92 Å². The fourth-order valence-electron chi connectivity index (χ4n) is 2.48. The number of carbonyl (C=O) groups is 1. The van der Waals surface area contributed by atoms with Gasteiger partial charge in [0, 0.05) is 19.0 Å². The van der Waals surface area contributed by atoms with E-state index in [1.807, 2.05) is 0 Å². The summed E-state index contributed by atoms with van der Waals surface area (Å²) in [4.78, 5) is 13.2. The molecule has 74 valence electrons. The third-order valence-corrected chi connectivity index (χ3v) is 3.20. The van der Waals surface area contributed by atoms with E-state index in [2.05, 4.69) is 11.9 Å². The molecular formula is C10H17NO2. The van der Waals surface area contributed by atoms with Crippen molar-refractivity contribution < 1.29 is 10.9 Å². The Bertz CT molecular complexity index is 243. The van der Waals surface area contributed by atoms with Crippen molar-refractivity contribution >= 4 is 5.97 Å². The van der Waals surface area contributed by atoms with Gasteiger partial charge in [0.25, 0.3) is 0 Å². The van der Waals surface area contributed by atoms with Gasteiger partial charge < -0.3 is 9.64 Å². The number of nitrogens with zero attached hydrogens (tertiary/aromatic N) is 1. The van der Waals surface area contributed by atoms with Gasteiger partial charge in [0.2, 0.25) is 0 Å². The Hall–Kier alpha value is -0.570. The molecule has 2 aliphatic heterocycles. The summed E-state index contributed by atoms with van der Waals surface area (Å²) < 4.78 is 13.2. The largest absolute Gasteiger partial charge is 0.462 e. The standard InChI is InChI=1S/C10H17NO2/c1-7(12)13-10-5-8-3-4-9(6-10)11(8)2/h8-10H,3-6H2,1-2H3/t8-,9+,10?/i10D. The number of piperidine rings is 1. The molecular weight excluding hydrogens is 166 g/mol. The zero-order valence-electron chi connectivity index (χ0n) is 9.25. The van der Waals surface area contributed by atoms with Crippen LogP contribution >= 0.6 is 0 Å². The van der Waals surface area contributed by atoms with Gasteiger partial charge in [0.05, 0.1) is 1.37 Å². The van der Waals surface area contributed by atoms with E-state index >= 15 is 0 Å². The molecule has 3 nitrogen and oxygen atoms in total. The number of carbonyl (C=O) groups excluding carboxylic acids is 1. The van der Waals surface area contributed by atoms with Gasteiger partial charge in [-0.05, 0) is 32.7 Å². The van der Waals surface area contributed by atoms with E-state index in [0.29, 0.717) is 24.9 Å². The third kappa shape index (κ3) is 1.70. The Balaban J connectivity index is 2.07. The van der Waals surface area contributed by atoms with Gasteiger partial charge in [-0.25, -0.2) is 0 Å². The van der Waals surface area contributed by atoms with Crippen LogP contribution in [-0.2, 0) is 9.53 Å². The Kier molecular flexibility index (Phi) is 1.98. The van der Waals surface area contributed by atoms with Gasteiger partial charge in [-0.15, -0.1) is 0 Å². The van der Waals surface area contributed by atoms with Crippen LogP contribution in [0.15, 0.2) is 0 Å². The summed E-state index contributed by atoms with van der Waals surface area (Å²) in [6.07, 6.45) is 2.66. The normalized spacial score (nSPS) is 45.8. The van der Waals surface area contributed by atoms with E-state index in [1.54, 1.807) is 0 Å². The van der Waals surface area contributed by atoms with Gasteiger partial charge in [-0.3, -0.25) is 4.79 Å². The van der Waals surface area contributed by atoms with Gasteiger partial charge in [0.15, 0.2) is 0 Å². The molecule has 13 heavy (non-hydrogen) atoms. The lowest BCUT2D eigenvalue weighted by Gasteiger charge is -2.35. The fraction of sp³-hybridized carbons (Fsp3) is 0.900. The highest BCUT2D eigenvalue weighted by Crippen LogP contribution is 2.35. The molecule has 0 aliphatic carbocycles. The van der Waals surface area contributed by atoms with Crippen LogP contribution in [0.3, 0.4) is 0 Å². The van der Waals surface area contributed by atoms with Crippen molar-refractivity contribution in [1.29, 1.82) is 0 Å². The highest BCUT2D eigenvalue weighted by Gasteiger charge is 2.39. The van der Waals surface area contributed by atoms with Crippen molar-refractivity contribution in [3.8, 4) is 0 Å². The zero-order valence-corrected chi connectivity index (χ0v) is 8.25. The van der Waals surface area contributed by atoms with Crippen molar-refractivity contribution in [2.24, 2.45) is 0 Å². The number of hydrogen-bond donors (Lipinski definition) is 0. The monoisotopic (exact) mass is 184 g/mol. The van der Waals surface area contributed by atoms with Crippen LogP contribution in [0.25, 0.3) is 0 Å². The second-order valence-corrected chi connectivity index (χ2v) is 4.09. The molecule has 0 aromatic rings. The summed E-state index contributed by atoms with van der Waals surface area (Å²) in [6, 6.07) is 0.871. The van der Waals surface area contributed by atoms with Crippen LogP contribution < -0.4 is 0 Å². The van der Waals surface area contributed by atoms with Gasteiger partial charge in [0.1, 0.15) is 6.08 Å². The van der Waals surface area contributed by atoms with E-state index < -0.39 is 6.08 Å². The smallest absolute Gasteiger partial charge is 0.302 e. The SMILES string of the molecule is [2H]C1(OC(C)=O)C[C@H]2CC[C@@H](C1)N2C. The number of ether oxygens (including phenoxy) is 1. The molecule has 2 aliphatic rings. The average molecular weight is 184 g/mol. The van der Waals surface area contributed by atoms with Gasteiger partial charge >= 0.3 is 5.97 Å². The second kappa shape index (κ2) is 3.29. The van der Waals surface area contributed by atoms with Crippen LogP contribution in [0, 0.1) is 0 Å². The number of esters is 1. The average Bonchev–Trinajstić information content (AvgIpc) is 2.33. The molecule has 0 N–H and O–H groups in total. The predicted octanol–water partition coefficient (Wildman–Crippen LogP) is 1.17. The maximum absolute atomic E-state index is 10.9. The van der Waals surface area contributed by atoms with E-state index in [9.17, 15) is 4.79 Å². The molecule has 2 fully saturated rings. The van der Waals surface area contributed by atoms with E-state index in [4.69, 9.17) is 6.11 Å². The zero-order chi connectivity index (χ0) is 10.3. The Morgan fingerprint density at radius 1 is 1.46 bits per heavy atom. The highest BCUT2D eigenvalue weighted by molar-refractivity contribution is 5.66. The molecule has 3 atom stereocenters. The van der Waals surface area contributed by atoms with E-state index in [-0.39, 0.29) is 5.97 Å². The van der Waals surface area contributed by atoms with Crippen LogP contribution in [0.5, 0.6) is 0 Å². The maximum Gasteiger partial charge on any atom is 0.302 e. The van der Waals surface area contributed by atoms with Crippen LogP contribution in [0.2, 0.25) is 0 Å². The lowest BCUT2D eigenvalue weighted by atomic mass is 10.0. The molecule has 0 saturated carbocycles. The van der Waals surface area contributed by atoms with E-state index in [0.717, 1.165) is 12.8 Å². The first-order valence-corrected chi connectivity index (χ1v) is 4.92. The summed E-state index contributed by atoms with van der Waals surface area (Å²) in [6.45, 7) is 1.39. The van der Waals surface area contributed by atoms with Gasteiger partial charge in [-0.2, -0.15) is 0 Å². The summed E-state index contributed by atoms with van der Waals surface area (Å²) in [5.74, 6) is -0.330. The molecule has 2 rings (SSSR count). The minimum Gasteiger partial charge on any atom is -0.462 e. The first-order chi connectivity index (χ1) is 6.50. The van der Waals surface area contributed by atoms with Crippen molar-refractivity contribution in [3.05, 3.63) is 0 Å². The topological polar surface area (TPSA) is 29.5 Å². The molecule has 0 amide bonds. The predicted molar refractivity (Wildman–Crippen MR) is 49.4 cm³/mol. The number of hydrogen-bond acceptors (Lipinski definition) is 3. The fourth-order valence-corrected chi connectivity index (χ4v) is 2.48. The summed E-state index contributed by atoms with van der Waals surface area (Å²) >= 11 is 0. The third-order valence-electron chi connectivity index (χ3n) is 3.20. The van der Waals surface area contributed by atoms with Crippen molar-refractivity contribution in [2.75, 3.05) is 7.05 Å². The minimum atomic E-state index is -0.954. The Labute approximate surface area is 80.5 Å². The van der Waals surface area contributed by atoms with Crippen LogP contribution in [0.1, 0.15) is 34.0 Å². The van der Waals surface area contributed by atoms with Crippen LogP contribution in [0.4, 0.5) is 0 Å². The summed E-state index contributed by atoms with van der Waals surface area (Å²) in [7, 11) is 2.11. The highest BCUT2D eigenvalue weighted by atomic mass is 16.5. The quantitative estimate of drug-likeness (QED) is 0.573. The second-order valence-electron chi connectivity index (χ2n) is 4.09. The lowest BCUT2D eigenvalue weighted by molar-refractivity contribution is -0.149. The summed E-state index contributed by atoms with van der Waals surface area (Å²) in [5, 5.41) is 0. The molecule has 1 unspecified atom stereocenters. The molecule has 2 heterocycles. The maximum atomic E-state index is 10.9. The Morgan fingerprint density at radius 2 is 2.00 bits per heavy atom. The van der Waals surface area contributed by atoms with Gasteiger partial charge in [-0.1, -0.05) is 0 Å². The number of rotatable bonds is 1. The molecule has 2 saturated heterocycles. The van der Waals surface area contributed by atoms with Crippen LogP contribution in [-0.4, -0.2) is 36.1 Å². The van der Waals surface area contributed by atoms with Crippen molar-refractivity contribution in [1.82, 2.24) is 4.90 Å². The first kappa shape index (κ1) is 7.80. The molecule has 0 spiro atoms. The molecule has 0 aromatic heterocycles. The molecule has 0 radical (unpaired) electrons. The summed E-state index contributed by atoms with van der Waals surface area (Å²) in [5.41, 5.74) is 0. The molecule has 2 bridgehead atoms. The van der Waals surface area contributed by atoms with Crippen molar-refractivity contribution in [3.63, 3.8) is 0 Å². The van der Waals surface area contributed by atoms with Crippen molar-refractivity contribution in [2.45, 2.75) is 50.8 Å². The minimum absolute atomic E-state index is 0.330. The molecule has 3 heteroatoms. The number of fused-ring (bicyclic) bond motifs is 2.